The van der Waals surface area contributed by atoms with Gasteiger partial charge in [-0.3, -0.25) is 10.1 Å². The number of rotatable bonds is 3. The minimum atomic E-state index is -0.448. The molecule has 2 aromatic heterocycles. The maximum absolute atomic E-state index is 11.0. The number of nitrogens with one attached hydrogen (secondary N) is 1. The molecule has 0 saturated carbocycles. The van der Waals surface area contributed by atoms with Crippen LogP contribution >= 0.6 is 0 Å². The smallest absolute Gasteiger partial charge is 0.311 e. The summed E-state index contributed by atoms with van der Waals surface area (Å²) in [6, 6.07) is 10.8. The molecule has 0 fully saturated rings. The molecule has 0 saturated heterocycles. The lowest BCUT2D eigenvalue weighted by Crippen LogP contribution is -1.99. The van der Waals surface area contributed by atoms with Crippen LogP contribution in [0, 0.1) is 10.1 Å². The largest absolute Gasteiger partial charge is 0.350 e. The zero-order chi connectivity index (χ0) is 14.1. The molecule has 1 N–H and O–H groups in total. The molecule has 0 aliphatic carbocycles. The standard InChI is InChI=1S/C14H12N4O2/c1-17-8-6-10-4-5-11(9-13(10)17)16-14-12(18(19)20)3-2-7-15-14/h2-9H,1H3,(H,15,16). The molecule has 6 nitrogen and oxygen atoms in total. The van der Waals surface area contributed by atoms with Gasteiger partial charge in [0.05, 0.1) is 4.92 Å². The molecular weight excluding hydrogens is 256 g/mol. The van der Waals surface area contributed by atoms with Gasteiger partial charge in [-0.15, -0.1) is 0 Å². The van der Waals surface area contributed by atoms with E-state index in [2.05, 4.69) is 10.3 Å². The Hall–Kier alpha value is -2.89. The number of hydrogen-bond donors (Lipinski definition) is 1. The minimum Gasteiger partial charge on any atom is -0.350 e. The van der Waals surface area contributed by atoms with Gasteiger partial charge in [-0.1, -0.05) is 6.07 Å². The lowest BCUT2D eigenvalue weighted by Gasteiger charge is -2.06. The van der Waals surface area contributed by atoms with Crippen LogP contribution in [-0.4, -0.2) is 14.5 Å². The summed E-state index contributed by atoms with van der Waals surface area (Å²) in [7, 11) is 1.95. The van der Waals surface area contributed by atoms with E-state index in [0.717, 1.165) is 16.6 Å². The first-order valence-corrected chi connectivity index (χ1v) is 6.06. The molecule has 0 radical (unpaired) electrons. The van der Waals surface area contributed by atoms with Crippen molar-refractivity contribution in [2.24, 2.45) is 7.05 Å². The van der Waals surface area contributed by atoms with Gasteiger partial charge in [0, 0.05) is 36.7 Å². The normalized spacial score (nSPS) is 10.7. The molecule has 0 bridgehead atoms. The maximum atomic E-state index is 11.0. The van der Waals surface area contributed by atoms with Gasteiger partial charge in [0.25, 0.3) is 0 Å². The Labute approximate surface area is 114 Å². The summed E-state index contributed by atoms with van der Waals surface area (Å²) in [6.45, 7) is 0. The summed E-state index contributed by atoms with van der Waals surface area (Å²) in [6.07, 6.45) is 3.49. The quantitative estimate of drug-likeness (QED) is 0.584. The molecule has 6 heteroatoms. The van der Waals surface area contributed by atoms with Gasteiger partial charge in [0.15, 0.2) is 0 Å². The van der Waals surface area contributed by atoms with Gasteiger partial charge >= 0.3 is 5.69 Å². The SMILES string of the molecule is Cn1ccc2ccc(Nc3ncccc3[N+](=O)[O-])cc21. The Morgan fingerprint density at radius 1 is 1.30 bits per heavy atom. The predicted molar refractivity (Wildman–Crippen MR) is 77.1 cm³/mol. The highest BCUT2D eigenvalue weighted by molar-refractivity contribution is 5.84. The molecule has 0 unspecified atom stereocenters. The molecule has 3 aromatic rings. The van der Waals surface area contributed by atoms with Crippen molar-refractivity contribution in [3.8, 4) is 0 Å². The molecule has 0 amide bonds. The van der Waals surface area contributed by atoms with Gasteiger partial charge in [-0.2, -0.15) is 0 Å². The molecule has 2 heterocycles. The monoisotopic (exact) mass is 268 g/mol. The lowest BCUT2D eigenvalue weighted by atomic mass is 10.2. The number of aromatic nitrogens is 2. The third-order valence-electron chi connectivity index (χ3n) is 3.13. The van der Waals surface area contributed by atoms with Crippen molar-refractivity contribution < 1.29 is 4.92 Å². The van der Waals surface area contributed by atoms with E-state index >= 15 is 0 Å². The summed E-state index contributed by atoms with van der Waals surface area (Å²) in [5.41, 5.74) is 1.77. The van der Waals surface area contributed by atoms with E-state index in [1.54, 1.807) is 6.07 Å². The van der Waals surface area contributed by atoms with Crippen molar-refractivity contribution in [1.82, 2.24) is 9.55 Å². The van der Waals surface area contributed by atoms with Crippen LogP contribution in [0.3, 0.4) is 0 Å². The molecular formula is C14H12N4O2. The first-order chi connectivity index (χ1) is 9.65. The van der Waals surface area contributed by atoms with E-state index in [1.807, 2.05) is 42.1 Å². The summed E-state index contributed by atoms with van der Waals surface area (Å²) >= 11 is 0. The zero-order valence-electron chi connectivity index (χ0n) is 10.8. The number of benzene rings is 1. The third kappa shape index (κ3) is 2.07. The van der Waals surface area contributed by atoms with Crippen LogP contribution in [0.4, 0.5) is 17.2 Å². The number of hydrogen-bond acceptors (Lipinski definition) is 4. The molecule has 1 aromatic carbocycles. The number of aryl methyl sites for hydroxylation is 1. The average Bonchev–Trinajstić information content (AvgIpc) is 2.81. The van der Waals surface area contributed by atoms with Crippen molar-refractivity contribution in [2.45, 2.75) is 0 Å². The summed E-state index contributed by atoms with van der Waals surface area (Å²) in [5.74, 6) is 0.242. The molecule has 0 atom stereocenters. The van der Waals surface area contributed by atoms with Gasteiger partial charge in [0.1, 0.15) is 0 Å². The lowest BCUT2D eigenvalue weighted by molar-refractivity contribution is -0.384. The Morgan fingerprint density at radius 3 is 2.95 bits per heavy atom. The number of nitro groups is 1. The predicted octanol–water partition coefficient (Wildman–Crippen LogP) is 3.23. The van der Waals surface area contributed by atoms with Crippen LogP contribution in [-0.2, 0) is 7.05 Å². The second-order valence-electron chi connectivity index (χ2n) is 4.45. The zero-order valence-corrected chi connectivity index (χ0v) is 10.8. The highest BCUT2D eigenvalue weighted by atomic mass is 16.6. The molecule has 0 aliphatic heterocycles. The van der Waals surface area contributed by atoms with Crippen LogP contribution in [0.25, 0.3) is 10.9 Å². The Bertz CT molecular complexity index is 795. The summed E-state index contributed by atoms with van der Waals surface area (Å²) in [5, 5.41) is 15.1. The molecule has 100 valence electrons. The van der Waals surface area contributed by atoms with E-state index in [4.69, 9.17) is 0 Å². The van der Waals surface area contributed by atoms with Crippen LogP contribution in [0.5, 0.6) is 0 Å². The second-order valence-corrected chi connectivity index (χ2v) is 4.45. The molecule has 0 aliphatic rings. The summed E-state index contributed by atoms with van der Waals surface area (Å²) < 4.78 is 1.99. The first kappa shape index (κ1) is 12.2. The number of anilines is 2. The van der Waals surface area contributed by atoms with Gasteiger partial charge in [-0.05, 0) is 29.7 Å². The topological polar surface area (TPSA) is 73.0 Å². The highest BCUT2D eigenvalue weighted by Gasteiger charge is 2.14. The molecule has 0 spiro atoms. The van der Waals surface area contributed by atoms with Crippen LogP contribution in [0.2, 0.25) is 0 Å². The van der Waals surface area contributed by atoms with Gasteiger partial charge < -0.3 is 9.88 Å². The Morgan fingerprint density at radius 2 is 2.15 bits per heavy atom. The van der Waals surface area contributed by atoms with Crippen LogP contribution in [0.15, 0.2) is 48.8 Å². The van der Waals surface area contributed by atoms with Gasteiger partial charge in [-0.25, -0.2) is 4.98 Å². The number of fused-ring (bicyclic) bond motifs is 1. The van der Waals surface area contributed by atoms with E-state index < -0.39 is 4.92 Å². The van der Waals surface area contributed by atoms with Crippen molar-refractivity contribution in [3.63, 3.8) is 0 Å². The van der Waals surface area contributed by atoms with Crippen molar-refractivity contribution in [1.29, 1.82) is 0 Å². The van der Waals surface area contributed by atoms with E-state index in [9.17, 15) is 10.1 Å². The van der Waals surface area contributed by atoms with Crippen molar-refractivity contribution >= 4 is 28.1 Å². The van der Waals surface area contributed by atoms with Crippen molar-refractivity contribution in [2.75, 3.05) is 5.32 Å². The van der Waals surface area contributed by atoms with Crippen LogP contribution in [0.1, 0.15) is 0 Å². The minimum absolute atomic E-state index is 0.0421. The highest BCUT2D eigenvalue weighted by Crippen LogP contribution is 2.26. The Kier molecular flexibility index (Phi) is 2.83. The third-order valence-corrected chi connectivity index (χ3v) is 3.13. The fourth-order valence-electron chi connectivity index (χ4n) is 2.12. The van der Waals surface area contributed by atoms with Crippen molar-refractivity contribution in [3.05, 3.63) is 58.9 Å². The Balaban J connectivity index is 2.01. The first-order valence-electron chi connectivity index (χ1n) is 6.06. The fraction of sp³-hybridized carbons (Fsp3) is 0.0714. The van der Waals surface area contributed by atoms with Gasteiger partial charge in [0.2, 0.25) is 5.82 Å². The second kappa shape index (κ2) is 4.65. The average molecular weight is 268 g/mol. The fourth-order valence-corrected chi connectivity index (χ4v) is 2.12. The number of pyridine rings is 1. The van der Waals surface area contributed by atoms with E-state index in [-0.39, 0.29) is 11.5 Å². The maximum Gasteiger partial charge on any atom is 0.311 e. The summed E-state index contributed by atoms with van der Waals surface area (Å²) in [4.78, 5) is 14.5. The molecule has 3 rings (SSSR count). The number of nitrogens with zero attached hydrogens (tertiary/aromatic N) is 3. The van der Waals surface area contributed by atoms with E-state index in [1.165, 1.54) is 12.3 Å². The van der Waals surface area contributed by atoms with Crippen LogP contribution < -0.4 is 5.32 Å². The van der Waals surface area contributed by atoms with E-state index in [0.29, 0.717) is 0 Å². The molecule has 20 heavy (non-hydrogen) atoms.